The summed E-state index contributed by atoms with van der Waals surface area (Å²) in [6, 6.07) is 4.15. The molecule has 528 valence electrons. The van der Waals surface area contributed by atoms with Crippen LogP contribution in [0.4, 0.5) is 4.79 Å². The number of aliphatic hydroxyl groups excluding tert-OH is 4. The summed E-state index contributed by atoms with van der Waals surface area (Å²) >= 11 is 0. The number of amides is 1. The van der Waals surface area contributed by atoms with Crippen molar-refractivity contribution in [2.24, 2.45) is 17.8 Å². The molecule has 0 spiro atoms. The first-order valence-electron chi connectivity index (χ1n) is 32.5. The standard InChI is InChI=1S/C70H103NO20P4/c1-13-35-81-64(78)58-54(73)42-70(80-10)41-52-39-55(89-68(88-52)95(12)93)53(72)34-33-50-37-51(87-67(86-50)94(11)92)40-57(74)83-45(5)44(4)60(75)43(3)27-25-23-21-19-17-15-16-18-20-22-24-26-28-49(38-56(58)91-70)85-65-62(59(61(76)46(6)84-65)71-66(79)82-36-14-2)90-63(77)47-29-31-48(32-30-47)69(7,8)9/h13-32,43-46,49-56,58-62,65,67-68,72-73,75-76H,1-2,33-42,92-93H2,3-12H3,(H,71,79)/b16-15+,19-17+,20-18+,23-21+,24-22+,27-25+,28-26+/t43-,44-,45-,46+,49-,50?,51+,52?,53+,54-,55+,56?,58+,59-,60+,61+,62-,65-,67?,68?,70+,94?,95?/m0/s1. The van der Waals surface area contributed by atoms with E-state index < -0.39 is 149 Å². The SMILES string of the molecule is C=CCOC(=O)N[C@H]1[C@H](O)[C@@H](C)O[C@@H](O[C@H]2/C=C/C=C/C=C/C=C/C=C/C=C/C=C/[C@H](C)[C@@H](O)[C@@H](C)[C@H](C)OC(=O)C[C@H]3CC(CC[C@@H](O)[C@H]4CC(C[C@]5(OC)C[C@H](O)[C@@H](C(=O)OCC=C)C(C2)O5)OC(P(C)P)O4)OC(P(C)P)O3)[C@H]1OC(=O)c1ccc(C(C)(C)C)cc1. The fraction of sp³-hybridized carbons (Fsp3) is 0.600. The zero-order chi connectivity index (χ0) is 69.6. The van der Waals surface area contributed by atoms with Crippen LogP contribution >= 0.6 is 33.1 Å². The van der Waals surface area contributed by atoms with E-state index in [0.29, 0.717) is 12.8 Å². The van der Waals surface area contributed by atoms with Crippen LogP contribution in [0.3, 0.4) is 0 Å². The van der Waals surface area contributed by atoms with E-state index in [0.717, 1.165) is 5.56 Å². The van der Waals surface area contributed by atoms with Gasteiger partial charge in [-0.05, 0) is 78.4 Å². The summed E-state index contributed by atoms with van der Waals surface area (Å²) in [5.74, 6) is -5.68. The molecule has 1 aromatic rings. The number of nitrogens with one attached hydrogen (secondary N) is 1. The third-order valence-electron chi connectivity index (χ3n) is 17.3. The Morgan fingerprint density at radius 1 is 0.695 bits per heavy atom. The lowest BCUT2D eigenvalue weighted by molar-refractivity contribution is -0.326. The van der Waals surface area contributed by atoms with Gasteiger partial charge in [-0.1, -0.05) is 157 Å². The number of fused-ring (bicyclic) bond motifs is 6. The second kappa shape index (κ2) is 39.0. The van der Waals surface area contributed by atoms with Crippen molar-refractivity contribution in [3.8, 4) is 0 Å². The van der Waals surface area contributed by atoms with Crippen molar-refractivity contribution in [2.45, 2.75) is 215 Å². The summed E-state index contributed by atoms with van der Waals surface area (Å²) in [6.45, 7) is 24.2. The Bertz CT molecular complexity index is 2840. The van der Waals surface area contributed by atoms with Gasteiger partial charge in [0.2, 0.25) is 0 Å². The summed E-state index contributed by atoms with van der Waals surface area (Å²) < 4.78 is 75.5. The minimum atomic E-state index is -1.64. The molecule has 21 nitrogen and oxygen atoms in total. The molecular weight excluding hydrogens is 1300 g/mol. The van der Waals surface area contributed by atoms with Crippen molar-refractivity contribution < 1.29 is 96.4 Å². The number of ether oxygens (including phenoxy) is 12. The fourth-order valence-corrected chi connectivity index (χ4v) is 14.0. The number of hydrogen-bond donors (Lipinski definition) is 5. The van der Waals surface area contributed by atoms with Crippen LogP contribution in [0.1, 0.15) is 116 Å². The molecule has 5 aliphatic rings. The number of methoxy groups -OCH3 is 1. The first-order valence-corrected chi connectivity index (χ1v) is 39.5. The number of carbonyl (C=O) groups excluding carboxylic acids is 4. The van der Waals surface area contributed by atoms with E-state index in [1.54, 1.807) is 56.4 Å². The monoisotopic (exact) mass is 1400 g/mol. The number of aliphatic hydroxyl groups is 4. The average Bonchev–Trinajstić information content (AvgIpc) is 0.778. The smallest absolute Gasteiger partial charge is 0.407 e. The fourth-order valence-electron chi connectivity index (χ4n) is 11.7. The van der Waals surface area contributed by atoms with Crippen molar-refractivity contribution in [3.63, 3.8) is 0 Å². The van der Waals surface area contributed by atoms with Crippen molar-refractivity contribution in [2.75, 3.05) is 33.7 Å². The van der Waals surface area contributed by atoms with Crippen LogP contribution in [0.15, 0.2) is 135 Å². The van der Waals surface area contributed by atoms with Crippen LogP contribution in [-0.2, 0) is 71.8 Å². The van der Waals surface area contributed by atoms with E-state index in [4.69, 9.17) is 56.8 Å². The average molecular weight is 1400 g/mol. The van der Waals surface area contributed by atoms with Gasteiger partial charge in [0.05, 0.1) is 73.0 Å². The van der Waals surface area contributed by atoms with Crippen molar-refractivity contribution in [1.82, 2.24) is 5.32 Å². The van der Waals surface area contributed by atoms with Gasteiger partial charge < -0.3 is 82.6 Å². The summed E-state index contributed by atoms with van der Waals surface area (Å²) in [5.41, 5.74) is 0.894. The molecule has 4 saturated heterocycles. The molecule has 6 rings (SSSR count). The van der Waals surface area contributed by atoms with Gasteiger partial charge in [-0.2, -0.15) is 0 Å². The van der Waals surface area contributed by atoms with Crippen LogP contribution < -0.4 is 5.32 Å². The Kier molecular flexibility index (Phi) is 32.7. The molecule has 9 unspecified atom stereocenters. The highest BCUT2D eigenvalue weighted by molar-refractivity contribution is 8.13. The van der Waals surface area contributed by atoms with Crippen LogP contribution in [0, 0.1) is 17.8 Å². The van der Waals surface area contributed by atoms with Crippen molar-refractivity contribution in [3.05, 3.63) is 146 Å². The van der Waals surface area contributed by atoms with E-state index in [2.05, 4.69) is 36.3 Å². The maximum absolute atomic E-state index is 14.3. The zero-order valence-corrected chi connectivity index (χ0v) is 60.5. The number of esters is 3. The molecule has 1 aromatic carbocycles. The minimum absolute atomic E-state index is 0.00580. The number of alkyl carbamates (subject to hydrolysis) is 1. The maximum atomic E-state index is 14.3. The summed E-state index contributed by atoms with van der Waals surface area (Å²) in [5, 5.41) is 50.2. The first kappa shape index (κ1) is 79.8. The zero-order valence-electron chi connectivity index (χ0n) is 56.4. The van der Waals surface area contributed by atoms with Crippen molar-refractivity contribution in [1.29, 1.82) is 0 Å². The van der Waals surface area contributed by atoms with Gasteiger partial charge in [-0.15, -0.1) is 17.9 Å². The topological polar surface area (TPSA) is 272 Å². The van der Waals surface area contributed by atoms with Crippen molar-refractivity contribution >= 4 is 57.1 Å². The number of rotatable bonds is 13. The van der Waals surface area contributed by atoms with Crippen LogP contribution in [0.2, 0.25) is 0 Å². The van der Waals surface area contributed by atoms with Gasteiger partial charge in [0.1, 0.15) is 37.4 Å². The normalized spacial score (nSPS) is 38.1. The van der Waals surface area contributed by atoms with Gasteiger partial charge in [0, 0.05) is 51.0 Å². The van der Waals surface area contributed by atoms with E-state index in [9.17, 15) is 39.6 Å². The highest BCUT2D eigenvalue weighted by Gasteiger charge is 2.54. The van der Waals surface area contributed by atoms with E-state index in [1.807, 2.05) is 115 Å². The third-order valence-corrected chi connectivity index (χ3v) is 20.6. The molecule has 95 heavy (non-hydrogen) atoms. The highest BCUT2D eigenvalue weighted by atomic mass is 32.0. The Balaban J connectivity index is 1.39. The van der Waals surface area contributed by atoms with E-state index in [1.165, 1.54) is 19.3 Å². The molecule has 0 radical (unpaired) electrons. The Morgan fingerprint density at radius 3 is 1.87 bits per heavy atom. The number of hydrogen-bond acceptors (Lipinski definition) is 20. The van der Waals surface area contributed by atoms with Gasteiger partial charge in [-0.25, -0.2) is 9.59 Å². The molecule has 25 atom stereocenters. The quantitative estimate of drug-likeness (QED) is 0.0531. The van der Waals surface area contributed by atoms with Gasteiger partial charge >= 0.3 is 24.0 Å². The largest absolute Gasteiger partial charge is 0.462 e. The molecule has 4 fully saturated rings. The summed E-state index contributed by atoms with van der Waals surface area (Å²) in [7, 11) is 5.09. The van der Waals surface area contributed by atoms with Crippen LogP contribution in [0.25, 0.3) is 0 Å². The third kappa shape index (κ3) is 24.6. The molecule has 0 saturated carbocycles. The molecule has 5 aliphatic heterocycles. The molecule has 0 aromatic heterocycles. The molecule has 5 N–H and O–H groups in total. The first-order chi connectivity index (χ1) is 45.2. The van der Waals surface area contributed by atoms with E-state index >= 15 is 0 Å². The van der Waals surface area contributed by atoms with Gasteiger partial charge in [0.15, 0.2) is 30.2 Å². The second-order valence-corrected chi connectivity index (χ2v) is 34.3. The predicted molar refractivity (Wildman–Crippen MR) is 372 cm³/mol. The Morgan fingerprint density at radius 2 is 1.27 bits per heavy atom. The molecular formula is C70H103NO20P4. The molecule has 6 bridgehead atoms. The Hall–Kier alpha value is -4.20. The van der Waals surface area contributed by atoms with Crippen LogP contribution in [-0.4, -0.2) is 188 Å². The lowest BCUT2D eigenvalue weighted by Crippen LogP contribution is -2.65. The summed E-state index contributed by atoms with van der Waals surface area (Å²) in [6.07, 6.45) is 13.7. The molecule has 5 heterocycles. The number of benzene rings is 1. The lowest BCUT2D eigenvalue weighted by Gasteiger charge is -2.49. The minimum Gasteiger partial charge on any atom is -0.462 e. The Labute approximate surface area is 568 Å². The predicted octanol–water partition coefficient (Wildman–Crippen LogP) is 10.6. The van der Waals surface area contributed by atoms with Gasteiger partial charge in [-0.3, -0.25) is 9.59 Å². The van der Waals surface area contributed by atoms with E-state index in [-0.39, 0.29) is 80.7 Å². The molecule has 1 amide bonds. The van der Waals surface area contributed by atoms with Gasteiger partial charge in [0.25, 0.3) is 0 Å². The summed E-state index contributed by atoms with van der Waals surface area (Å²) in [4.78, 5) is 55.5. The second-order valence-electron chi connectivity index (χ2n) is 25.9. The number of carbonyl (C=O) groups is 4. The number of allylic oxidation sites excluding steroid dienone is 12. The maximum Gasteiger partial charge on any atom is 0.407 e. The molecule has 25 heteroatoms. The lowest BCUT2D eigenvalue weighted by atomic mass is 9.82. The van der Waals surface area contributed by atoms with Crippen LogP contribution in [0.5, 0.6) is 0 Å². The highest BCUT2D eigenvalue weighted by Crippen LogP contribution is 2.52. The number of cyclic esters (lactones) is 1. The molecule has 0 aliphatic carbocycles.